The fourth-order valence-electron chi connectivity index (χ4n) is 1.33. The molecule has 0 aliphatic rings. The van der Waals surface area contributed by atoms with Gasteiger partial charge in [-0.1, -0.05) is 0 Å². The van der Waals surface area contributed by atoms with Crippen molar-refractivity contribution in [2.24, 2.45) is 0 Å². The minimum absolute atomic E-state index is 0.207. The van der Waals surface area contributed by atoms with Crippen molar-refractivity contribution in [3.8, 4) is 0 Å². The predicted octanol–water partition coefficient (Wildman–Crippen LogP) is 3.16. The Balaban J connectivity index is 4.78. The molecule has 0 aliphatic carbocycles. The molecule has 0 saturated heterocycles. The Morgan fingerprint density at radius 1 is 1.17 bits per heavy atom. The SMILES string of the molecule is CCN(CC)C(=S)NP(=O)(OC(C)C)OC(C)C. The van der Waals surface area contributed by atoms with Gasteiger partial charge in [0.25, 0.3) is 0 Å². The smallest absolute Gasteiger partial charge is 0.349 e. The molecule has 0 unspecified atom stereocenters. The Labute approximate surface area is 116 Å². The van der Waals surface area contributed by atoms with Crippen LogP contribution in [0.2, 0.25) is 0 Å². The first-order chi connectivity index (χ1) is 8.24. The highest BCUT2D eigenvalue weighted by molar-refractivity contribution is 7.81. The summed E-state index contributed by atoms with van der Waals surface area (Å²) in [5.74, 6) is 0. The van der Waals surface area contributed by atoms with E-state index in [-0.39, 0.29) is 12.2 Å². The maximum atomic E-state index is 12.5. The third-order valence-corrected chi connectivity index (χ3v) is 4.38. The van der Waals surface area contributed by atoms with Gasteiger partial charge in [0.2, 0.25) is 0 Å². The van der Waals surface area contributed by atoms with E-state index in [9.17, 15) is 4.57 Å². The fourth-order valence-corrected chi connectivity index (χ4v) is 3.57. The van der Waals surface area contributed by atoms with E-state index in [1.54, 1.807) is 27.7 Å². The molecule has 0 bridgehead atoms. The lowest BCUT2D eigenvalue weighted by Crippen LogP contribution is -2.39. The van der Waals surface area contributed by atoms with Crippen LogP contribution in [0.4, 0.5) is 0 Å². The highest BCUT2D eigenvalue weighted by Crippen LogP contribution is 2.46. The van der Waals surface area contributed by atoms with Gasteiger partial charge in [-0.15, -0.1) is 0 Å². The number of nitrogens with zero attached hydrogens (tertiary/aromatic N) is 1. The van der Waals surface area contributed by atoms with Crippen molar-refractivity contribution in [3.63, 3.8) is 0 Å². The lowest BCUT2D eigenvalue weighted by atomic mass is 10.5. The molecular weight excluding hydrogens is 271 g/mol. The second-order valence-electron chi connectivity index (χ2n) is 4.40. The largest absolute Gasteiger partial charge is 0.434 e. The van der Waals surface area contributed by atoms with Crippen LogP contribution in [0.1, 0.15) is 41.5 Å². The van der Waals surface area contributed by atoms with Gasteiger partial charge < -0.3 is 4.90 Å². The van der Waals surface area contributed by atoms with Crippen molar-refractivity contribution in [1.82, 2.24) is 9.99 Å². The molecule has 0 saturated carbocycles. The zero-order valence-electron chi connectivity index (χ0n) is 12.1. The molecule has 0 radical (unpaired) electrons. The topological polar surface area (TPSA) is 50.8 Å². The van der Waals surface area contributed by atoms with Gasteiger partial charge in [-0.3, -0.25) is 14.1 Å². The molecule has 0 aromatic carbocycles. The summed E-state index contributed by atoms with van der Waals surface area (Å²) in [4.78, 5) is 1.88. The van der Waals surface area contributed by atoms with Crippen molar-refractivity contribution in [1.29, 1.82) is 0 Å². The number of thiocarbonyl (C=S) groups is 1. The van der Waals surface area contributed by atoms with E-state index in [2.05, 4.69) is 5.09 Å². The molecule has 18 heavy (non-hydrogen) atoms. The zero-order chi connectivity index (χ0) is 14.3. The van der Waals surface area contributed by atoms with Crippen LogP contribution in [-0.4, -0.2) is 35.3 Å². The minimum atomic E-state index is -3.40. The first-order valence-electron chi connectivity index (χ1n) is 6.28. The molecule has 0 aromatic heterocycles. The monoisotopic (exact) mass is 296 g/mol. The van der Waals surface area contributed by atoms with Crippen LogP contribution in [0.15, 0.2) is 0 Å². The molecule has 108 valence electrons. The van der Waals surface area contributed by atoms with E-state index in [1.807, 2.05) is 18.7 Å². The fraction of sp³-hybridized carbons (Fsp3) is 0.909. The number of rotatable bonds is 7. The quantitative estimate of drug-likeness (QED) is 0.575. The third kappa shape index (κ3) is 6.69. The lowest BCUT2D eigenvalue weighted by Gasteiger charge is -2.28. The van der Waals surface area contributed by atoms with Crippen LogP contribution >= 0.6 is 20.0 Å². The van der Waals surface area contributed by atoms with E-state index in [0.29, 0.717) is 5.11 Å². The summed E-state index contributed by atoms with van der Waals surface area (Å²) in [7, 11) is -3.40. The second-order valence-corrected chi connectivity index (χ2v) is 6.42. The van der Waals surface area contributed by atoms with Crippen LogP contribution in [-0.2, 0) is 13.6 Å². The van der Waals surface area contributed by atoms with Crippen LogP contribution in [0.3, 0.4) is 0 Å². The van der Waals surface area contributed by atoms with Crippen LogP contribution in [0, 0.1) is 0 Å². The van der Waals surface area contributed by atoms with E-state index >= 15 is 0 Å². The van der Waals surface area contributed by atoms with Crippen LogP contribution < -0.4 is 5.09 Å². The third-order valence-electron chi connectivity index (χ3n) is 1.98. The maximum absolute atomic E-state index is 12.5. The summed E-state index contributed by atoms with van der Waals surface area (Å²) in [5, 5.41) is 3.12. The summed E-state index contributed by atoms with van der Waals surface area (Å²) in [6.45, 7) is 12.7. The molecular formula is C11H25N2O3PS. The van der Waals surface area contributed by atoms with E-state index in [1.165, 1.54) is 0 Å². The van der Waals surface area contributed by atoms with Crippen LogP contribution in [0.25, 0.3) is 0 Å². The summed E-state index contributed by atoms with van der Waals surface area (Å²) in [6.07, 6.45) is -0.414. The molecule has 0 aromatic rings. The van der Waals surface area contributed by atoms with Gasteiger partial charge in [-0.2, -0.15) is 0 Å². The van der Waals surface area contributed by atoms with E-state index in [4.69, 9.17) is 21.3 Å². The van der Waals surface area contributed by atoms with Gasteiger partial charge in [0.05, 0.1) is 12.2 Å². The Morgan fingerprint density at radius 2 is 1.56 bits per heavy atom. The van der Waals surface area contributed by atoms with Crippen molar-refractivity contribution < 1.29 is 13.6 Å². The summed E-state index contributed by atoms with van der Waals surface area (Å²) in [6, 6.07) is 0. The van der Waals surface area contributed by atoms with Gasteiger partial charge >= 0.3 is 7.75 Å². The lowest BCUT2D eigenvalue weighted by molar-refractivity contribution is 0.138. The average molecular weight is 296 g/mol. The average Bonchev–Trinajstić information content (AvgIpc) is 2.15. The summed E-state index contributed by atoms with van der Waals surface area (Å²) >= 11 is 5.21. The highest BCUT2D eigenvalue weighted by atomic mass is 32.1. The van der Waals surface area contributed by atoms with Crippen molar-refractivity contribution >= 4 is 25.1 Å². The predicted molar refractivity (Wildman–Crippen MR) is 78.7 cm³/mol. The molecule has 7 heteroatoms. The van der Waals surface area contributed by atoms with Crippen molar-refractivity contribution in [3.05, 3.63) is 0 Å². The van der Waals surface area contributed by atoms with Crippen molar-refractivity contribution in [2.75, 3.05) is 13.1 Å². The van der Waals surface area contributed by atoms with E-state index < -0.39 is 7.75 Å². The molecule has 0 rings (SSSR count). The maximum Gasteiger partial charge on any atom is 0.434 e. The molecule has 0 amide bonds. The van der Waals surface area contributed by atoms with Gasteiger partial charge in [-0.05, 0) is 53.8 Å². The number of hydrogen-bond donors (Lipinski definition) is 1. The van der Waals surface area contributed by atoms with Gasteiger partial charge in [0, 0.05) is 13.1 Å². The number of hydrogen-bond acceptors (Lipinski definition) is 4. The summed E-state index contributed by atoms with van der Waals surface area (Å²) < 4.78 is 23.2. The molecule has 0 spiro atoms. The Bertz CT molecular complexity index is 293. The highest BCUT2D eigenvalue weighted by Gasteiger charge is 2.30. The molecule has 0 fully saturated rings. The Hall–Kier alpha value is -0.160. The standard InChI is InChI=1S/C11H25N2O3PS/c1-7-13(8-2)11(18)12-17(14,15-9(3)4)16-10(5)6/h9-10H,7-8H2,1-6H3,(H,12,14,18). The number of nitrogens with one attached hydrogen (secondary N) is 1. The Morgan fingerprint density at radius 3 is 1.83 bits per heavy atom. The van der Waals surface area contributed by atoms with Gasteiger partial charge in [0.15, 0.2) is 5.11 Å². The van der Waals surface area contributed by atoms with Crippen molar-refractivity contribution in [2.45, 2.75) is 53.8 Å². The zero-order valence-corrected chi connectivity index (χ0v) is 13.8. The molecule has 0 heterocycles. The molecule has 0 aliphatic heterocycles. The van der Waals surface area contributed by atoms with E-state index in [0.717, 1.165) is 13.1 Å². The van der Waals surface area contributed by atoms with Crippen LogP contribution in [0.5, 0.6) is 0 Å². The first-order valence-corrected chi connectivity index (χ1v) is 8.23. The molecule has 5 nitrogen and oxygen atoms in total. The molecule has 1 N–H and O–H groups in total. The normalized spacial score (nSPS) is 12.0. The molecule has 0 atom stereocenters. The Kier molecular flexibility index (Phi) is 8.03. The van der Waals surface area contributed by atoms with Gasteiger partial charge in [-0.25, -0.2) is 4.57 Å². The summed E-state index contributed by atoms with van der Waals surface area (Å²) in [5.41, 5.74) is 0. The van der Waals surface area contributed by atoms with Gasteiger partial charge in [0.1, 0.15) is 0 Å². The second kappa shape index (κ2) is 8.10. The first kappa shape index (κ1) is 17.8. The minimum Gasteiger partial charge on any atom is -0.349 e.